The average molecular weight is 478 g/mol. The zero-order chi connectivity index (χ0) is 22.5. The van der Waals surface area contributed by atoms with Crippen LogP contribution in [0.1, 0.15) is 60.8 Å². The van der Waals surface area contributed by atoms with E-state index in [0.29, 0.717) is 25.8 Å². The Morgan fingerprint density at radius 1 is 0.969 bits per heavy atom. The van der Waals surface area contributed by atoms with E-state index in [1.807, 2.05) is 0 Å². The number of nitrogens with one attached hydrogen (secondary N) is 2. The van der Waals surface area contributed by atoms with E-state index < -0.39 is 26.1 Å². The lowest BCUT2D eigenvalue weighted by Crippen LogP contribution is -2.37. The van der Waals surface area contributed by atoms with Crippen LogP contribution in [0.2, 0.25) is 0 Å². The Balaban J connectivity index is 1.28. The van der Waals surface area contributed by atoms with E-state index in [9.17, 15) is 16.8 Å². The molecular weight excluding hydrogens is 446 g/mol. The quantitative estimate of drug-likeness (QED) is 0.600. The van der Waals surface area contributed by atoms with Crippen LogP contribution in [-0.4, -0.2) is 39.0 Å². The number of benzene rings is 1. The molecule has 1 aromatic rings. The summed E-state index contributed by atoms with van der Waals surface area (Å²) in [6.07, 6.45) is 10.7. The number of hydrogen-bond donors (Lipinski definition) is 2. The molecule has 4 aliphatic rings. The lowest BCUT2D eigenvalue weighted by atomic mass is 9.99. The van der Waals surface area contributed by atoms with Gasteiger partial charge in [-0.25, -0.2) is 16.8 Å². The van der Waals surface area contributed by atoms with Gasteiger partial charge in [0.1, 0.15) is 5.82 Å². The average Bonchev–Trinajstić information content (AvgIpc) is 3.13. The zero-order valence-electron chi connectivity index (χ0n) is 18.3. The SMILES string of the molecule is C=C(Nc1c2c(cc3c1CCC3)CCC2)NS(=O)(=O)/C=C/[C@@H]1CCCN1S(=O)(=O)C1CC1. The van der Waals surface area contributed by atoms with Crippen LogP contribution in [-0.2, 0) is 45.7 Å². The molecule has 0 unspecified atom stereocenters. The second-order valence-corrected chi connectivity index (χ2v) is 13.1. The minimum atomic E-state index is -3.80. The van der Waals surface area contributed by atoms with Gasteiger partial charge in [0.25, 0.3) is 10.0 Å². The van der Waals surface area contributed by atoms with E-state index in [1.54, 1.807) is 0 Å². The van der Waals surface area contributed by atoms with Crippen LogP contribution < -0.4 is 10.0 Å². The fraction of sp³-hybridized carbons (Fsp3) is 0.565. The third-order valence-corrected chi connectivity index (χ3v) is 10.5. The fourth-order valence-electron chi connectivity index (χ4n) is 5.38. The van der Waals surface area contributed by atoms with Crippen LogP contribution in [0.3, 0.4) is 0 Å². The molecule has 1 saturated heterocycles. The van der Waals surface area contributed by atoms with Gasteiger partial charge in [0, 0.05) is 23.7 Å². The Bertz CT molecular complexity index is 1150. The summed E-state index contributed by atoms with van der Waals surface area (Å²) in [6.45, 7) is 4.37. The van der Waals surface area contributed by atoms with Gasteiger partial charge in [-0.2, -0.15) is 4.31 Å². The van der Waals surface area contributed by atoms with Crippen molar-refractivity contribution < 1.29 is 16.8 Å². The largest absolute Gasteiger partial charge is 0.341 e. The third kappa shape index (κ3) is 4.22. The second-order valence-electron chi connectivity index (χ2n) is 9.38. The molecule has 0 radical (unpaired) electrons. The van der Waals surface area contributed by atoms with Gasteiger partial charge in [-0.3, -0.25) is 4.72 Å². The molecule has 1 heterocycles. The van der Waals surface area contributed by atoms with Crippen LogP contribution >= 0.6 is 0 Å². The van der Waals surface area contributed by atoms with Gasteiger partial charge in [0.15, 0.2) is 0 Å². The van der Waals surface area contributed by atoms with Gasteiger partial charge in [-0.05, 0) is 86.5 Å². The highest BCUT2D eigenvalue weighted by Gasteiger charge is 2.43. The van der Waals surface area contributed by atoms with E-state index in [0.717, 1.165) is 56.0 Å². The summed E-state index contributed by atoms with van der Waals surface area (Å²) in [5.74, 6) is 0.220. The predicted molar refractivity (Wildman–Crippen MR) is 126 cm³/mol. The Hall–Kier alpha value is -1.84. The molecule has 0 spiro atoms. The Kier molecular flexibility index (Phi) is 5.62. The van der Waals surface area contributed by atoms with Gasteiger partial charge in [0.05, 0.1) is 5.25 Å². The molecule has 5 rings (SSSR count). The first kappa shape index (κ1) is 22.0. The maximum absolute atomic E-state index is 12.7. The van der Waals surface area contributed by atoms with Crippen LogP contribution in [0, 0.1) is 0 Å². The van der Waals surface area contributed by atoms with E-state index in [4.69, 9.17) is 0 Å². The summed E-state index contributed by atoms with van der Waals surface area (Å²) in [6, 6.07) is 1.92. The molecule has 174 valence electrons. The summed E-state index contributed by atoms with van der Waals surface area (Å²) < 4.78 is 54.6. The maximum atomic E-state index is 12.7. The Labute approximate surface area is 191 Å². The molecule has 2 fully saturated rings. The minimum Gasteiger partial charge on any atom is -0.341 e. The van der Waals surface area contributed by atoms with Crippen molar-refractivity contribution >= 4 is 25.7 Å². The molecule has 32 heavy (non-hydrogen) atoms. The summed E-state index contributed by atoms with van der Waals surface area (Å²) >= 11 is 0. The lowest BCUT2D eigenvalue weighted by Gasteiger charge is -2.21. The molecule has 9 heteroatoms. The second kappa shape index (κ2) is 8.18. The van der Waals surface area contributed by atoms with E-state index >= 15 is 0 Å². The lowest BCUT2D eigenvalue weighted by molar-refractivity contribution is 0.431. The molecule has 7 nitrogen and oxygen atoms in total. The summed E-state index contributed by atoms with van der Waals surface area (Å²) in [4.78, 5) is 0. The molecule has 1 aliphatic heterocycles. The maximum Gasteiger partial charge on any atom is 0.255 e. The highest BCUT2D eigenvalue weighted by atomic mass is 32.2. The molecule has 3 aliphatic carbocycles. The summed E-state index contributed by atoms with van der Waals surface area (Å²) in [5.41, 5.74) is 6.33. The smallest absolute Gasteiger partial charge is 0.255 e. The molecule has 2 N–H and O–H groups in total. The van der Waals surface area contributed by atoms with Crippen molar-refractivity contribution in [1.29, 1.82) is 0 Å². The molecule has 0 bridgehead atoms. The standard InChI is InChI=1S/C23H31N3O4S2/c1-16(24-23-21-8-2-5-17(21)15-18-6-3-9-22(18)23)25-31(27,28)14-12-19-7-4-13-26(19)32(29,30)20-10-11-20/h12,14-15,19-20,24-25H,1-11,13H2/b14-12+/t19-/m0/s1. The van der Waals surface area contributed by atoms with Gasteiger partial charge in [0.2, 0.25) is 10.0 Å². The monoisotopic (exact) mass is 477 g/mol. The molecule has 1 aromatic carbocycles. The Morgan fingerprint density at radius 3 is 2.25 bits per heavy atom. The van der Waals surface area contributed by atoms with Crippen LogP contribution in [0.4, 0.5) is 5.69 Å². The fourth-order valence-corrected chi connectivity index (χ4v) is 8.28. The third-order valence-electron chi connectivity index (χ3n) is 7.02. The van der Waals surface area contributed by atoms with Crippen molar-refractivity contribution in [3.05, 3.63) is 52.2 Å². The van der Waals surface area contributed by atoms with Gasteiger partial charge in [-0.15, -0.1) is 0 Å². The highest BCUT2D eigenvalue weighted by molar-refractivity contribution is 7.92. The first-order valence-electron chi connectivity index (χ1n) is 11.6. The highest BCUT2D eigenvalue weighted by Crippen LogP contribution is 2.39. The van der Waals surface area contributed by atoms with Crippen molar-refractivity contribution in [3.8, 4) is 0 Å². The van der Waals surface area contributed by atoms with Crippen LogP contribution in [0.15, 0.2) is 30.0 Å². The molecule has 1 saturated carbocycles. The van der Waals surface area contributed by atoms with Crippen molar-refractivity contribution in [2.24, 2.45) is 0 Å². The zero-order valence-corrected chi connectivity index (χ0v) is 19.9. The Morgan fingerprint density at radius 2 is 1.62 bits per heavy atom. The molecular formula is C23H31N3O4S2. The molecule has 0 amide bonds. The van der Waals surface area contributed by atoms with Crippen molar-refractivity contribution in [3.63, 3.8) is 0 Å². The van der Waals surface area contributed by atoms with E-state index in [1.165, 1.54) is 32.6 Å². The van der Waals surface area contributed by atoms with Crippen LogP contribution in [0.5, 0.6) is 0 Å². The van der Waals surface area contributed by atoms with Crippen molar-refractivity contribution in [1.82, 2.24) is 9.03 Å². The number of hydrogen-bond acceptors (Lipinski definition) is 5. The molecule has 1 atom stereocenters. The first-order chi connectivity index (χ1) is 15.2. The summed E-state index contributed by atoms with van der Waals surface area (Å²) in [7, 11) is -7.13. The van der Waals surface area contributed by atoms with Crippen molar-refractivity contribution in [2.45, 2.75) is 75.5 Å². The number of sulfonamides is 2. The topological polar surface area (TPSA) is 95.6 Å². The van der Waals surface area contributed by atoms with Gasteiger partial charge in [-0.1, -0.05) is 18.7 Å². The predicted octanol–water partition coefficient (Wildman–Crippen LogP) is 2.94. The number of fused-ring (bicyclic) bond motifs is 2. The van der Waals surface area contributed by atoms with Crippen molar-refractivity contribution in [2.75, 3.05) is 11.9 Å². The van der Waals surface area contributed by atoms with E-state index in [-0.39, 0.29) is 11.1 Å². The van der Waals surface area contributed by atoms with Gasteiger partial charge < -0.3 is 5.32 Å². The normalized spacial score (nSPS) is 23.4. The molecule has 0 aromatic heterocycles. The number of nitrogens with zero attached hydrogens (tertiary/aromatic N) is 1. The summed E-state index contributed by atoms with van der Waals surface area (Å²) in [5, 5.41) is 4.06. The number of anilines is 1. The number of aryl methyl sites for hydroxylation is 2. The van der Waals surface area contributed by atoms with Crippen LogP contribution in [0.25, 0.3) is 0 Å². The van der Waals surface area contributed by atoms with E-state index in [2.05, 4.69) is 22.7 Å². The first-order valence-corrected chi connectivity index (χ1v) is 14.6. The minimum absolute atomic E-state index is 0.220. The number of rotatable bonds is 8. The van der Waals surface area contributed by atoms with Gasteiger partial charge >= 0.3 is 0 Å².